The van der Waals surface area contributed by atoms with Crippen LogP contribution in [0.4, 0.5) is 0 Å². The molecule has 2 aromatic rings. The van der Waals surface area contributed by atoms with Crippen LogP contribution in [-0.4, -0.2) is 40.3 Å². The van der Waals surface area contributed by atoms with Crippen LogP contribution in [0.2, 0.25) is 0 Å². The first kappa shape index (κ1) is 12.4. The lowest BCUT2D eigenvalue weighted by Gasteiger charge is -2.18. The summed E-state index contributed by atoms with van der Waals surface area (Å²) in [6.45, 7) is 1.26. The van der Waals surface area contributed by atoms with Crippen molar-refractivity contribution in [2.45, 2.75) is 29.6 Å². The van der Waals surface area contributed by atoms with Gasteiger partial charge in [0.1, 0.15) is 10.3 Å². The summed E-state index contributed by atoms with van der Waals surface area (Å²) in [5, 5.41) is 0. The monoisotopic (exact) mass is 279 g/mol. The average Bonchev–Trinajstić information content (AvgIpc) is 2.96. The van der Waals surface area contributed by atoms with Crippen molar-refractivity contribution >= 4 is 33.4 Å². The molecule has 1 aliphatic heterocycles. The minimum Gasteiger partial charge on any atom is -0.303 e. The molecule has 3 heterocycles. The summed E-state index contributed by atoms with van der Waals surface area (Å²) in [5.74, 6) is 1.16. The molecule has 1 aliphatic rings. The maximum atomic E-state index is 4.60. The molecule has 96 valence electrons. The van der Waals surface area contributed by atoms with Crippen molar-refractivity contribution in [3.63, 3.8) is 0 Å². The smallest absolute Gasteiger partial charge is 0.152 e. The molecule has 1 fully saturated rings. The quantitative estimate of drug-likeness (QED) is 0.803. The predicted octanol–water partition coefficient (Wildman–Crippen LogP) is 3.27. The summed E-state index contributed by atoms with van der Waals surface area (Å²) < 4.78 is 1.16. The number of hydrogen-bond acceptors (Lipinski definition) is 5. The molecule has 0 aliphatic carbocycles. The molecular formula is C13H17N3S2. The van der Waals surface area contributed by atoms with Crippen molar-refractivity contribution in [1.82, 2.24) is 14.9 Å². The average molecular weight is 279 g/mol. The Hall–Kier alpha value is -0.650. The topological polar surface area (TPSA) is 29.0 Å². The summed E-state index contributed by atoms with van der Waals surface area (Å²) in [7, 11) is 2.24. The van der Waals surface area contributed by atoms with Gasteiger partial charge in [-0.05, 0) is 45.0 Å². The van der Waals surface area contributed by atoms with Crippen LogP contribution in [-0.2, 0) is 0 Å². The summed E-state index contributed by atoms with van der Waals surface area (Å²) in [5.41, 5.74) is 1.03. The number of pyridine rings is 1. The second-order valence-electron chi connectivity index (χ2n) is 4.72. The van der Waals surface area contributed by atoms with Gasteiger partial charge < -0.3 is 4.90 Å². The highest BCUT2D eigenvalue weighted by atomic mass is 32.2. The molecule has 3 rings (SSSR count). The number of nitrogens with zero attached hydrogens (tertiary/aromatic N) is 3. The molecule has 0 saturated carbocycles. The maximum Gasteiger partial charge on any atom is 0.152 e. The number of likely N-dealkylation sites (tertiary alicyclic amines) is 1. The molecule has 1 atom stereocenters. The Morgan fingerprint density at radius 3 is 3.28 bits per heavy atom. The van der Waals surface area contributed by atoms with Gasteiger partial charge in [0, 0.05) is 18.0 Å². The number of hydrogen-bond donors (Lipinski definition) is 0. The van der Waals surface area contributed by atoms with E-state index in [4.69, 9.17) is 0 Å². The molecule has 18 heavy (non-hydrogen) atoms. The molecular weight excluding hydrogens is 262 g/mol. The van der Waals surface area contributed by atoms with Crippen LogP contribution in [0.15, 0.2) is 22.7 Å². The first-order chi connectivity index (χ1) is 8.83. The third-order valence-electron chi connectivity index (χ3n) is 3.49. The minimum atomic E-state index is 0.782. The third-order valence-corrected chi connectivity index (χ3v) is 5.65. The van der Waals surface area contributed by atoms with Gasteiger partial charge in [-0.1, -0.05) is 23.1 Å². The van der Waals surface area contributed by atoms with Gasteiger partial charge in [0.25, 0.3) is 0 Å². The number of thioether (sulfide) groups is 1. The lowest BCUT2D eigenvalue weighted by Crippen LogP contribution is -2.25. The summed E-state index contributed by atoms with van der Waals surface area (Å²) >= 11 is 3.58. The van der Waals surface area contributed by atoms with Crippen LogP contribution in [0, 0.1) is 0 Å². The number of aromatic nitrogens is 2. The van der Waals surface area contributed by atoms with E-state index in [1.165, 1.54) is 25.8 Å². The van der Waals surface area contributed by atoms with Gasteiger partial charge >= 0.3 is 0 Å². The Labute approximate surface area is 116 Å². The van der Waals surface area contributed by atoms with Crippen LogP contribution >= 0.6 is 23.1 Å². The summed E-state index contributed by atoms with van der Waals surface area (Å²) in [4.78, 5) is 12.5. The molecule has 0 radical (unpaired) electrons. The van der Waals surface area contributed by atoms with Gasteiger partial charge in [0.2, 0.25) is 0 Å². The lowest BCUT2D eigenvalue weighted by molar-refractivity contribution is 0.305. The molecule has 0 amide bonds. The van der Waals surface area contributed by atoms with Crippen molar-refractivity contribution in [2.24, 2.45) is 0 Å². The Balaban J connectivity index is 1.56. The Bertz CT molecular complexity index is 493. The van der Waals surface area contributed by atoms with Crippen molar-refractivity contribution in [2.75, 3.05) is 19.3 Å². The highest BCUT2D eigenvalue weighted by Crippen LogP contribution is 2.29. The van der Waals surface area contributed by atoms with Crippen molar-refractivity contribution < 1.29 is 0 Å². The fourth-order valence-corrected chi connectivity index (χ4v) is 4.53. The van der Waals surface area contributed by atoms with E-state index in [9.17, 15) is 0 Å². The zero-order valence-corrected chi connectivity index (χ0v) is 12.1. The van der Waals surface area contributed by atoms with E-state index in [2.05, 4.69) is 21.9 Å². The van der Waals surface area contributed by atoms with E-state index >= 15 is 0 Å². The maximum absolute atomic E-state index is 4.60. The van der Waals surface area contributed by atoms with Crippen LogP contribution in [0.3, 0.4) is 0 Å². The molecule has 0 bridgehead atoms. The fraction of sp³-hybridized carbons (Fsp3) is 0.538. The van der Waals surface area contributed by atoms with Crippen molar-refractivity contribution in [1.29, 1.82) is 0 Å². The van der Waals surface area contributed by atoms with E-state index in [1.807, 2.05) is 30.1 Å². The highest BCUT2D eigenvalue weighted by Gasteiger charge is 2.20. The normalized spacial score (nSPS) is 20.8. The van der Waals surface area contributed by atoms with Gasteiger partial charge in [-0.2, -0.15) is 0 Å². The zero-order valence-electron chi connectivity index (χ0n) is 10.5. The van der Waals surface area contributed by atoms with Gasteiger partial charge in [-0.15, -0.1) is 0 Å². The second kappa shape index (κ2) is 5.55. The third kappa shape index (κ3) is 2.68. The Morgan fingerprint density at radius 2 is 2.50 bits per heavy atom. The zero-order chi connectivity index (χ0) is 12.4. The summed E-state index contributed by atoms with van der Waals surface area (Å²) in [6.07, 6.45) is 5.82. The number of thiazole rings is 1. The molecule has 0 spiro atoms. The Morgan fingerprint density at radius 1 is 1.56 bits per heavy atom. The van der Waals surface area contributed by atoms with E-state index < -0.39 is 0 Å². The lowest BCUT2D eigenvalue weighted by atomic mass is 10.2. The molecule has 2 aromatic heterocycles. The van der Waals surface area contributed by atoms with E-state index in [0.717, 1.165) is 26.5 Å². The first-order valence-electron chi connectivity index (χ1n) is 6.37. The van der Waals surface area contributed by atoms with Gasteiger partial charge in [-0.25, -0.2) is 9.97 Å². The predicted molar refractivity (Wildman–Crippen MR) is 78.4 cm³/mol. The van der Waals surface area contributed by atoms with Crippen molar-refractivity contribution in [3.05, 3.63) is 18.3 Å². The minimum absolute atomic E-state index is 0.782. The van der Waals surface area contributed by atoms with E-state index in [-0.39, 0.29) is 0 Å². The Kier molecular flexibility index (Phi) is 3.82. The van der Waals surface area contributed by atoms with Gasteiger partial charge in [0.15, 0.2) is 4.34 Å². The number of rotatable bonds is 4. The summed E-state index contributed by atoms with van der Waals surface area (Å²) in [6, 6.07) is 4.77. The van der Waals surface area contributed by atoms with Gasteiger partial charge in [-0.3, -0.25) is 0 Å². The van der Waals surface area contributed by atoms with Gasteiger partial charge in [0.05, 0.1) is 0 Å². The van der Waals surface area contributed by atoms with E-state index in [0.29, 0.717) is 0 Å². The highest BCUT2D eigenvalue weighted by molar-refractivity contribution is 8.01. The first-order valence-corrected chi connectivity index (χ1v) is 8.18. The fourth-order valence-electron chi connectivity index (χ4n) is 2.44. The van der Waals surface area contributed by atoms with Crippen molar-refractivity contribution in [3.8, 4) is 0 Å². The van der Waals surface area contributed by atoms with Crippen LogP contribution < -0.4 is 0 Å². The largest absolute Gasteiger partial charge is 0.303 e. The van der Waals surface area contributed by atoms with Crippen LogP contribution in [0.25, 0.3) is 10.3 Å². The SMILES string of the molecule is CN1CCCC1CCSc1nc2cccnc2s1. The number of fused-ring (bicyclic) bond motifs is 1. The molecule has 1 unspecified atom stereocenters. The molecule has 0 N–H and O–H groups in total. The van der Waals surface area contributed by atoms with E-state index in [1.54, 1.807) is 11.3 Å². The standard InChI is InChI=1S/C13H17N3S2/c1-16-8-3-4-10(16)6-9-17-13-15-11-5-2-7-14-12(11)18-13/h2,5,7,10H,3-4,6,8-9H2,1H3. The molecule has 5 heteroatoms. The molecule has 1 saturated heterocycles. The molecule has 3 nitrogen and oxygen atoms in total. The molecule has 0 aromatic carbocycles. The van der Waals surface area contributed by atoms with Crippen LogP contribution in [0.5, 0.6) is 0 Å². The second-order valence-corrected chi connectivity index (χ2v) is 7.04. The van der Waals surface area contributed by atoms with Crippen LogP contribution in [0.1, 0.15) is 19.3 Å².